The Morgan fingerprint density at radius 1 is 0.975 bits per heavy atom. The van der Waals surface area contributed by atoms with E-state index in [2.05, 4.69) is 28.3 Å². The van der Waals surface area contributed by atoms with Crippen LogP contribution in [-0.2, 0) is 32.0 Å². The quantitative estimate of drug-likeness (QED) is 0.112. The second kappa shape index (κ2) is 11.9. The number of hydrogen-bond donors (Lipinski definition) is 10. The summed E-state index contributed by atoms with van der Waals surface area (Å²) in [7, 11) is -11.2. The van der Waals surface area contributed by atoms with Gasteiger partial charge in [-0.25, -0.2) is 24.1 Å². The Labute approximate surface area is 223 Å². The van der Waals surface area contributed by atoms with E-state index in [4.69, 9.17) is 20.3 Å². The van der Waals surface area contributed by atoms with Crippen LogP contribution in [0.4, 0.5) is 5.82 Å². The van der Waals surface area contributed by atoms with Crippen LogP contribution in [0.2, 0.25) is 0 Å². The number of aromatic nitrogens is 4. The third kappa shape index (κ3) is 6.35. The smallest absolute Gasteiger partial charge is 0.394 e. The van der Waals surface area contributed by atoms with Crippen LogP contribution < -0.4 is 5.73 Å². The van der Waals surface area contributed by atoms with E-state index in [0.29, 0.717) is 0 Å². The molecule has 5 unspecified atom stereocenters. The minimum atomic E-state index is -5.65. The summed E-state index contributed by atoms with van der Waals surface area (Å²) in [5.41, 5.74) is 6.03. The van der Waals surface area contributed by atoms with Gasteiger partial charge in [0.1, 0.15) is 60.7 Å². The average Bonchev–Trinajstić information content (AvgIpc) is 3.43. The number of nitrogens with two attached hydrogens (primary N) is 1. The molecule has 0 amide bonds. The van der Waals surface area contributed by atoms with Gasteiger partial charge in [0, 0.05) is 0 Å². The molecule has 4 heterocycles. The van der Waals surface area contributed by atoms with Crippen molar-refractivity contribution in [1.82, 2.24) is 19.5 Å². The van der Waals surface area contributed by atoms with Gasteiger partial charge in [-0.05, 0) is 0 Å². The van der Waals surface area contributed by atoms with Gasteiger partial charge in [0.15, 0.2) is 24.0 Å². The molecule has 2 aliphatic rings. The van der Waals surface area contributed by atoms with E-state index in [1.807, 2.05) is 0 Å². The zero-order valence-corrected chi connectivity index (χ0v) is 21.8. The maximum Gasteiger partial charge on any atom is 0.483 e. The standard InChI is InChI=1S/C17H27N5O16P2/c18-14-7-15(20-3-19-14)22(4-21-7)16-11(28)8(25)6(35-16)2-34-39(30,31)38-40(32,33)37-17-12(29)9(26)10(27)13(36-17)5(24)1-23/h3-6,8-13,16-17,23-29H,1-2H2,(H,30,31)(H,32,33)(H2,18,19,20)/t5-,6+,8?,9-,10-,11-,12?,13?,16+,17-/m0/s1. The van der Waals surface area contributed by atoms with E-state index in [1.165, 1.54) is 10.9 Å². The van der Waals surface area contributed by atoms with Crippen LogP contribution in [0.5, 0.6) is 0 Å². The number of nitrogen functional groups attached to an aromatic ring is 1. The van der Waals surface area contributed by atoms with Crippen LogP contribution in [0.1, 0.15) is 6.23 Å². The first kappa shape index (κ1) is 31.2. The predicted octanol–water partition coefficient (Wildman–Crippen LogP) is -4.56. The Bertz CT molecular complexity index is 1290. The van der Waals surface area contributed by atoms with Crippen LogP contribution in [0.3, 0.4) is 0 Å². The van der Waals surface area contributed by atoms with E-state index in [0.717, 1.165) is 6.33 Å². The lowest BCUT2D eigenvalue weighted by molar-refractivity contribution is -0.292. The first-order valence-electron chi connectivity index (χ1n) is 11.3. The average molecular weight is 619 g/mol. The van der Waals surface area contributed by atoms with E-state index in [-0.39, 0.29) is 17.0 Å². The number of imidazole rings is 1. The van der Waals surface area contributed by atoms with Crippen molar-refractivity contribution < 1.29 is 77.5 Å². The van der Waals surface area contributed by atoms with Crippen molar-refractivity contribution in [2.75, 3.05) is 18.9 Å². The summed E-state index contributed by atoms with van der Waals surface area (Å²) in [6.07, 6.45) is -16.0. The highest BCUT2D eigenvalue weighted by molar-refractivity contribution is 7.61. The molecule has 2 aliphatic heterocycles. The van der Waals surface area contributed by atoms with Gasteiger partial charge < -0.3 is 60.7 Å². The molecule has 0 aliphatic carbocycles. The summed E-state index contributed by atoms with van der Waals surface area (Å²) in [5, 5.41) is 69.3. The molecule has 40 heavy (non-hydrogen) atoms. The molecule has 226 valence electrons. The van der Waals surface area contributed by atoms with Crippen molar-refractivity contribution in [3.8, 4) is 0 Å². The van der Waals surface area contributed by atoms with Crippen molar-refractivity contribution in [2.45, 2.75) is 61.3 Å². The summed E-state index contributed by atoms with van der Waals surface area (Å²) >= 11 is 0. The van der Waals surface area contributed by atoms with Gasteiger partial charge in [0.25, 0.3) is 0 Å². The molecule has 2 aromatic rings. The number of nitrogens with zero attached hydrogens (tertiary/aromatic N) is 4. The fourth-order valence-electron chi connectivity index (χ4n) is 4.01. The maximum absolute atomic E-state index is 12.3. The van der Waals surface area contributed by atoms with E-state index in [1.54, 1.807) is 0 Å². The number of hydrogen-bond acceptors (Lipinski definition) is 18. The molecule has 21 nitrogen and oxygen atoms in total. The Morgan fingerprint density at radius 2 is 1.68 bits per heavy atom. The number of aliphatic hydroxyl groups is 7. The Balaban J connectivity index is 1.38. The zero-order chi connectivity index (χ0) is 29.6. The zero-order valence-electron chi connectivity index (χ0n) is 20.0. The largest absolute Gasteiger partial charge is 0.483 e. The maximum atomic E-state index is 12.3. The number of aliphatic hydroxyl groups excluding tert-OH is 7. The Morgan fingerprint density at radius 3 is 2.35 bits per heavy atom. The first-order valence-corrected chi connectivity index (χ1v) is 14.3. The fourth-order valence-corrected chi connectivity index (χ4v) is 6.17. The summed E-state index contributed by atoms with van der Waals surface area (Å²) in [5.74, 6) is 0.0302. The van der Waals surface area contributed by atoms with Crippen LogP contribution in [0.15, 0.2) is 12.7 Å². The highest BCUT2D eigenvalue weighted by Crippen LogP contribution is 2.61. The molecule has 2 saturated heterocycles. The number of ether oxygens (including phenoxy) is 2. The van der Waals surface area contributed by atoms with E-state index in [9.17, 15) is 49.6 Å². The molecule has 12 atom stereocenters. The molecule has 0 saturated carbocycles. The molecule has 2 aromatic heterocycles. The Kier molecular flexibility index (Phi) is 9.25. The summed E-state index contributed by atoms with van der Waals surface area (Å²) in [6, 6.07) is 0. The summed E-state index contributed by atoms with van der Waals surface area (Å²) < 4.78 is 49.6. The minimum Gasteiger partial charge on any atom is -0.394 e. The van der Waals surface area contributed by atoms with Crippen molar-refractivity contribution in [2.24, 2.45) is 0 Å². The number of rotatable bonds is 10. The third-order valence-corrected chi connectivity index (χ3v) is 8.62. The molecule has 0 bridgehead atoms. The SMILES string of the molecule is Nc1ncnc2c1ncn2[C@@H]1O[C@H](COP(=O)(O)OP(=O)(O)O[C@@H]2OC([C@@H](O)CO)[C@@H](O)[C@H](O)C2O)C(O)[C@@H]1O. The summed E-state index contributed by atoms with van der Waals surface area (Å²) in [4.78, 5) is 31.6. The molecule has 11 N–H and O–H groups in total. The molecular weight excluding hydrogens is 592 g/mol. The number of phosphoric acid groups is 2. The van der Waals surface area contributed by atoms with Gasteiger partial charge in [-0.1, -0.05) is 0 Å². The molecule has 23 heteroatoms. The fraction of sp³-hybridized carbons (Fsp3) is 0.706. The second-order valence-electron chi connectivity index (χ2n) is 8.74. The van der Waals surface area contributed by atoms with E-state index < -0.39 is 90.2 Å². The highest BCUT2D eigenvalue weighted by Gasteiger charge is 2.51. The highest BCUT2D eigenvalue weighted by atomic mass is 31.3. The van der Waals surface area contributed by atoms with Gasteiger partial charge in [0.2, 0.25) is 0 Å². The monoisotopic (exact) mass is 619 g/mol. The van der Waals surface area contributed by atoms with Crippen LogP contribution in [0, 0.1) is 0 Å². The molecule has 4 rings (SSSR count). The topological polar surface area (TPSA) is 332 Å². The van der Waals surface area contributed by atoms with Gasteiger partial charge in [-0.15, -0.1) is 0 Å². The minimum absolute atomic E-state index is 0.0302. The van der Waals surface area contributed by atoms with E-state index >= 15 is 0 Å². The van der Waals surface area contributed by atoms with Gasteiger partial charge in [0.05, 0.1) is 19.5 Å². The summed E-state index contributed by atoms with van der Waals surface area (Å²) in [6.45, 7) is -1.95. The molecule has 0 aromatic carbocycles. The number of fused-ring (bicyclic) bond motifs is 1. The van der Waals surface area contributed by atoms with Gasteiger partial charge in [-0.3, -0.25) is 13.6 Å². The van der Waals surface area contributed by atoms with Gasteiger partial charge >= 0.3 is 15.6 Å². The second-order valence-corrected chi connectivity index (χ2v) is 11.7. The van der Waals surface area contributed by atoms with Crippen molar-refractivity contribution >= 4 is 32.6 Å². The van der Waals surface area contributed by atoms with Crippen LogP contribution >= 0.6 is 15.6 Å². The van der Waals surface area contributed by atoms with Crippen LogP contribution in [0.25, 0.3) is 11.2 Å². The van der Waals surface area contributed by atoms with Gasteiger partial charge in [-0.2, -0.15) is 4.31 Å². The predicted molar refractivity (Wildman–Crippen MR) is 123 cm³/mol. The normalized spacial score (nSPS) is 36.8. The number of anilines is 1. The lowest BCUT2D eigenvalue weighted by Gasteiger charge is -2.41. The van der Waals surface area contributed by atoms with Crippen LogP contribution in [-0.4, -0.2) is 133 Å². The first-order chi connectivity index (χ1) is 18.7. The van der Waals surface area contributed by atoms with Crippen molar-refractivity contribution in [3.05, 3.63) is 12.7 Å². The number of phosphoric ester groups is 2. The Hall–Kier alpha value is -1.75. The molecule has 2 fully saturated rings. The molecule has 0 radical (unpaired) electrons. The van der Waals surface area contributed by atoms with Crippen molar-refractivity contribution in [3.63, 3.8) is 0 Å². The molecule has 0 spiro atoms. The lowest BCUT2D eigenvalue weighted by atomic mass is 9.96. The third-order valence-electron chi connectivity index (χ3n) is 6.02. The molecular formula is C17H27N5O16P2. The lowest BCUT2D eigenvalue weighted by Crippen LogP contribution is -2.61. The van der Waals surface area contributed by atoms with Crippen molar-refractivity contribution in [1.29, 1.82) is 0 Å².